The fourth-order valence-electron chi connectivity index (χ4n) is 11.5. The molecule has 0 aromatic carbocycles. The highest BCUT2D eigenvalue weighted by Gasteiger charge is 2.82. The highest BCUT2D eigenvalue weighted by molar-refractivity contribution is 5.71. The number of carbonyl (C=O) groups is 1. The van der Waals surface area contributed by atoms with Crippen LogP contribution in [0.25, 0.3) is 0 Å². The Morgan fingerprint density at radius 1 is 0.941 bits per heavy atom. The maximum atomic E-state index is 12.6. The van der Waals surface area contributed by atoms with Crippen molar-refractivity contribution >= 4 is 5.97 Å². The van der Waals surface area contributed by atoms with Crippen molar-refractivity contribution in [3.8, 4) is 0 Å². The average molecular weight is 474 g/mol. The van der Waals surface area contributed by atoms with Gasteiger partial charge in [0.05, 0.1) is 6.54 Å². The molecule has 3 N–H and O–H groups in total. The van der Waals surface area contributed by atoms with E-state index in [1.54, 1.807) is 0 Å². The van der Waals surface area contributed by atoms with Gasteiger partial charge in [-0.05, 0) is 118 Å². The second-order valence-corrected chi connectivity index (χ2v) is 14.1. The van der Waals surface area contributed by atoms with E-state index in [0.717, 1.165) is 18.3 Å². The molecule has 5 aliphatic carbocycles. The third kappa shape index (κ3) is 2.93. The molecule has 5 aliphatic rings. The number of rotatable bonds is 6. The van der Waals surface area contributed by atoms with Crippen LogP contribution in [0.3, 0.4) is 0 Å². The number of hydrogen-bond donors (Lipinski definition) is 3. The van der Waals surface area contributed by atoms with E-state index in [1.807, 2.05) is 7.05 Å². The van der Waals surface area contributed by atoms with Gasteiger partial charge in [-0.25, -0.2) is 0 Å². The molecule has 5 nitrogen and oxygen atoms in total. The minimum absolute atomic E-state index is 0.0114. The minimum atomic E-state index is -0.0971. The van der Waals surface area contributed by atoms with Gasteiger partial charge in [-0.3, -0.25) is 4.79 Å². The number of ether oxygens (including phenoxy) is 1. The second-order valence-electron chi connectivity index (χ2n) is 14.1. The van der Waals surface area contributed by atoms with Crippen molar-refractivity contribution in [1.29, 1.82) is 0 Å². The molecule has 0 amide bonds. The monoisotopic (exact) mass is 473 g/mol. The van der Waals surface area contributed by atoms with Crippen LogP contribution >= 0.6 is 0 Å². The van der Waals surface area contributed by atoms with Gasteiger partial charge in [0.25, 0.3) is 0 Å². The number of likely N-dealkylation sites (N-methyl/N-ethyl adjacent to an activating group) is 1. The molecule has 0 aromatic heterocycles. The molecular weight excluding hydrogens is 422 g/mol. The van der Waals surface area contributed by atoms with E-state index in [-0.39, 0.29) is 22.9 Å². The van der Waals surface area contributed by atoms with Gasteiger partial charge in [-0.2, -0.15) is 0 Å². The van der Waals surface area contributed by atoms with E-state index in [0.29, 0.717) is 40.8 Å². The molecular formula is C29H51N3O2. The van der Waals surface area contributed by atoms with Crippen LogP contribution in [0.2, 0.25) is 0 Å². The van der Waals surface area contributed by atoms with Gasteiger partial charge < -0.3 is 20.7 Å². The van der Waals surface area contributed by atoms with Gasteiger partial charge in [0.15, 0.2) is 0 Å². The number of nitrogens with one attached hydrogen (secondary N) is 3. The molecule has 5 saturated carbocycles. The normalized spacial score (nSPS) is 51.5. The average Bonchev–Trinajstić information content (AvgIpc) is 3.38. The minimum Gasteiger partial charge on any atom is -0.461 e. The van der Waals surface area contributed by atoms with Crippen molar-refractivity contribution in [2.75, 3.05) is 27.7 Å². The summed E-state index contributed by atoms with van der Waals surface area (Å²) in [6, 6.07) is 0.979. The van der Waals surface area contributed by atoms with Crippen molar-refractivity contribution < 1.29 is 9.53 Å². The molecule has 2 spiro atoms. The van der Waals surface area contributed by atoms with E-state index in [4.69, 9.17) is 4.74 Å². The number of fused-ring (bicyclic) bond motifs is 2. The number of esters is 1. The SMILES string of the molecule is CNCC(=O)O[C@@H]1C[C@@]2(C)C3CCC4C(C)(C)C(NC)CCC45CC35CCC2(C)C1C(C)NC. The van der Waals surface area contributed by atoms with Crippen molar-refractivity contribution in [1.82, 2.24) is 16.0 Å². The lowest BCUT2D eigenvalue weighted by Gasteiger charge is -2.63. The van der Waals surface area contributed by atoms with Crippen molar-refractivity contribution in [2.24, 2.45) is 44.8 Å². The zero-order valence-corrected chi connectivity index (χ0v) is 23.1. The Morgan fingerprint density at radius 3 is 2.26 bits per heavy atom. The molecule has 0 aliphatic heterocycles. The summed E-state index contributed by atoms with van der Waals surface area (Å²) in [4.78, 5) is 12.6. The predicted octanol–water partition coefficient (Wildman–Crippen LogP) is 4.36. The van der Waals surface area contributed by atoms with Crippen molar-refractivity contribution in [2.45, 2.75) is 104 Å². The Hall–Kier alpha value is -0.650. The molecule has 0 aromatic rings. The van der Waals surface area contributed by atoms with Gasteiger partial charge >= 0.3 is 5.97 Å². The first-order valence-corrected chi connectivity index (χ1v) is 14.2. The summed E-state index contributed by atoms with van der Waals surface area (Å²) in [6.45, 7) is 12.9. The summed E-state index contributed by atoms with van der Waals surface area (Å²) in [7, 11) is 6.07. The molecule has 5 rings (SSSR count). The quantitative estimate of drug-likeness (QED) is 0.500. The maximum absolute atomic E-state index is 12.6. The highest BCUT2D eigenvalue weighted by atomic mass is 16.5. The summed E-state index contributed by atoms with van der Waals surface area (Å²) in [5.41, 5.74) is 1.88. The van der Waals surface area contributed by atoms with Crippen LogP contribution in [0.4, 0.5) is 0 Å². The molecule has 194 valence electrons. The van der Waals surface area contributed by atoms with Gasteiger partial charge in [0.1, 0.15) is 6.10 Å². The third-order valence-electron chi connectivity index (χ3n) is 13.1. The molecule has 5 heteroatoms. The zero-order chi connectivity index (χ0) is 24.7. The molecule has 0 radical (unpaired) electrons. The van der Waals surface area contributed by atoms with Crippen molar-refractivity contribution in [3.05, 3.63) is 0 Å². The lowest BCUT2D eigenvalue weighted by Crippen LogP contribution is -2.59. The first-order chi connectivity index (χ1) is 16.0. The predicted molar refractivity (Wildman–Crippen MR) is 137 cm³/mol. The molecule has 5 fully saturated rings. The largest absolute Gasteiger partial charge is 0.461 e. The van der Waals surface area contributed by atoms with Gasteiger partial charge in [0, 0.05) is 18.0 Å². The highest BCUT2D eigenvalue weighted by Crippen LogP contribution is 2.89. The molecule has 0 bridgehead atoms. The van der Waals surface area contributed by atoms with E-state index >= 15 is 0 Å². The third-order valence-corrected chi connectivity index (χ3v) is 13.1. The van der Waals surface area contributed by atoms with Crippen LogP contribution < -0.4 is 16.0 Å². The van der Waals surface area contributed by atoms with E-state index in [9.17, 15) is 4.79 Å². The number of hydrogen-bond acceptors (Lipinski definition) is 5. The lowest BCUT2D eigenvalue weighted by molar-refractivity contribution is -0.152. The van der Waals surface area contributed by atoms with Crippen LogP contribution in [0.1, 0.15) is 86.0 Å². The van der Waals surface area contributed by atoms with Crippen LogP contribution in [0, 0.1) is 44.8 Å². The fourth-order valence-corrected chi connectivity index (χ4v) is 11.5. The summed E-state index contributed by atoms with van der Waals surface area (Å²) >= 11 is 0. The fraction of sp³-hybridized carbons (Fsp3) is 0.966. The molecule has 8 unspecified atom stereocenters. The molecule has 34 heavy (non-hydrogen) atoms. The first kappa shape index (κ1) is 25.0. The summed E-state index contributed by atoms with van der Waals surface area (Å²) in [5.74, 6) is 1.87. The topological polar surface area (TPSA) is 62.4 Å². The smallest absolute Gasteiger partial charge is 0.320 e. The number of carbonyl (C=O) groups excluding carboxylic acids is 1. The standard InChI is InChI=1S/C29H51N3O2/c1-18(31-7)24-19(34-23(33)16-30-6)15-27(5)21-10-9-20-25(2,3)22(32-8)11-12-28(20)17-29(21,28)14-13-26(24,27)4/h18-22,24,30-32H,9-17H2,1-8H3/t18?,19-,20?,21?,22?,24?,26?,27+,28?,29?/m1/s1. The maximum Gasteiger partial charge on any atom is 0.320 e. The Bertz CT molecular complexity index is 830. The molecule has 0 heterocycles. The zero-order valence-electron chi connectivity index (χ0n) is 23.1. The van der Waals surface area contributed by atoms with E-state index in [2.05, 4.69) is 64.7 Å². The van der Waals surface area contributed by atoms with E-state index < -0.39 is 0 Å². The Kier molecular flexibility index (Phi) is 5.83. The van der Waals surface area contributed by atoms with Crippen molar-refractivity contribution in [3.63, 3.8) is 0 Å². The van der Waals surface area contributed by atoms with E-state index in [1.165, 1.54) is 44.9 Å². The van der Waals surface area contributed by atoms with Crippen LogP contribution in [-0.4, -0.2) is 51.8 Å². The lowest BCUT2D eigenvalue weighted by atomic mass is 9.42. The first-order valence-electron chi connectivity index (χ1n) is 14.2. The summed E-state index contributed by atoms with van der Waals surface area (Å²) < 4.78 is 6.25. The molecule has 10 atom stereocenters. The second kappa shape index (κ2) is 7.92. The Morgan fingerprint density at radius 2 is 1.62 bits per heavy atom. The van der Waals surface area contributed by atoms with Crippen LogP contribution in [0.5, 0.6) is 0 Å². The van der Waals surface area contributed by atoms with Crippen LogP contribution in [-0.2, 0) is 9.53 Å². The molecule has 0 saturated heterocycles. The van der Waals surface area contributed by atoms with Crippen LogP contribution in [0.15, 0.2) is 0 Å². The van der Waals surface area contributed by atoms with Gasteiger partial charge in [-0.15, -0.1) is 0 Å². The Labute approximate surface area is 208 Å². The van der Waals surface area contributed by atoms with Gasteiger partial charge in [0.2, 0.25) is 0 Å². The van der Waals surface area contributed by atoms with Gasteiger partial charge in [-0.1, -0.05) is 27.7 Å². The summed E-state index contributed by atoms with van der Waals surface area (Å²) in [5, 5.41) is 10.2. The Balaban J connectivity index is 1.49. The summed E-state index contributed by atoms with van der Waals surface area (Å²) in [6.07, 6.45) is 10.6.